The highest BCUT2D eigenvalue weighted by Crippen LogP contribution is 2.30. The summed E-state index contributed by atoms with van der Waals surface area (Å²) in [4.78, 5) is 0. The van der Waals surface area contributed by atoms with E-state index in [1.165, 1.54) is 5.57 Å². The molecule has 0 heterocycles. The molecule has 1 aliphatic rings. The van der Waals surface area contributed by atoms with Crippen LogP contribution in [-0.4, -0.2) is 36.0 Å². The maximum Gasteiger partial charge on any atom is 0.105 e. The van der Waals surface area contributed by atoms with Gasteiger partial charge in [0, 0.05) is 13.2 Å². The Kier molecular flexibility index (Phi) is 4.92. The minimum atomic E-state index is -0.512. The zero-order valence-corrected chi connectivity index (χ0v) is 11.5. The van der Waals surface area contributed by atoms with E-state index in [9.17, 15) is 5.11 Å². The first kappa shape index (κ1) is 14.4. The van der Waals surface area contributed by atoms with E-state index in [1.54, 1.807) is 14.0 Å². The van der Waals surface area contributed by atoms with E-state index in [-0.39, 0.29) is 11.6 Å². The summed E-state index contributed by atoms with van der Waals surface area (Å²) in [5, 5.41) is 13.5. The van der Waals surface area contributed by atoms with Crippen LogP contribution in [0.25, 0.3) is 0 Å². The van der Waals surface area contributed by atoms with Crippen LogP contribution in [0, 0.1) is 0 Å². The van der Waals surface area contributed by atoms with Crippen molar-refractivity contribution in [3.8, 4) is 0 Å². The van der Waals surface area contributed by atoms with Gasteiger partial charge in [-0.05, 0) is 34.1 Å². The molecule has 3 atom stereocenters. The van der Waals surface area contributed by atoms with Crippen molar-refractivity contribution >= 4 is 0 Å². The molecule has 0 saturated heterocycles. The van der Waals surface area contributed by atoms with Crippen LogP contribution in [0.2, 0.25) is 0 Å². The van der Waals surface area contributed by atoms with E-state index < -0.39 is 6.10 Å². The molecule has 3 heteroatoms. The lowest BCUT2D eigenvalue weighted by atomic mass is 9.79. The lowest BCUT2D eigenvalue weighted by molar-refractivity contribution is -0.0481. The van der Waals surface area contributed by atoms with Crippen molar-refractivity contribution in [2.75, 3.05) is 7.11 Å². The molecule has 1 rings (SSSR count). The van der Waals surface area contributed by atoms with Gasteiger partial charge in [-0.25, -0.2) is 0 Å². The van der Waals surface area contributed by atoms with Gasteiger partial charge < -0.3 is 15.2 Å². The van der Waals surface area contributed by atoms with Crippen LogP contribution < -0.4 is 5.32 Å². The van der Waals surface area contributed by atoms with E-state index in [1.807, 2.05) is 6.08 Å². The van der Waals surface area contributed by atoms with Crippen molar-refractivity contribution in [3.63, 3.8) is 0 Å². The fraction of sp³-hybridized carbons (Fsp3) is 0.714. The van der Waals surface area contributed by atoms with Crippen molar-refractivity contribution in [3.05, 3.63) is 23.8 Å². The van der Waals surface area contributed by atoms with E-state index in [2.05, 4.69) is 38.2 Å². The number of hydrogen-bond acceptors (Lipinski definition) is 3. The molecule has 0 radical (unpaired) electrons. The Morgan fingerprint density at radius 1 is 1.41 bits per heavy atom. The SMILES string of the molecule is COC(C(C)O)C1(NC(C)C)C=CC=C(C)C1. The fourth-order valence-electron chi connectivity index (χ4n) is 2.72. The van der Waals surface area contributed by atoms with Gasteiger partial charge in [0.1, 0.15) is 6.10 Å². The minimum Gasteiger partial charge on any atom is -0.391 e. The Balaban J connectivity index is 3.02. The molecule has 2 N–H and O–H groups in total. The predicted molar refractivity (Wildman–Crippen MR) is 71.0 cm³/mol. The first-order chi connectivity index (χ1) is 7.91. The third kappa shape index (κ3) is 3.41. The first-order valence-corrected chi connectivity index (χ1v) is 6.25. The molecule has 3 nitrogen and oxygen atoms in total. The number of methoxy groups -OCH3 is 1. The average Bonchev–Trinajstić information content (AvgIpc) is 2.15. The van der Waals surface area contributed by atoms with Crippen LogP contribution in [0.1, 0.15) is 34.1 Å². The summed E-state index contributed by atoms with van der Waals surface area (Å²) >= 11 is 0. The van der Waals surface area contributed by atoms with E-state index in [4.69, 9.17) is 4.74 Å². The van der Waals surface area contributed by atoms with Crippen LogP contribution in [0.15, 0.2) is 23.8 Å². The van der Waals surface area contributed by atoms with Crippen LogP contribution >= 0.6 is 0 Å². The summed E-state index contributed by atoms with van der Waals surface area (Å²) in [6.07, 6.45) is 6.37. The molecule has 0 saturated carbocycles. The third-order valence-corrected chi connectivity index (χ3v) is 3.10. The highest BCUT2D eigenvalue weighted by atomic mass is 16.5. The molecule has 98 valence electrons. The number of aliphatic hydroxyl groups is 1. The molecule has 17 heavy (non-hydrogen) atoms. The van der Waals surface area contributed by atoms with E-state index in [0.29, 0.717) is 6.04 Å². The number of nitrogens with one attached hydrogen (secondary N) is 1. The molecule has 0 amide bonds. The Morgan fingerprint density at radius 2 is 2.06 bits per heavy atom. The summed E-state index contributed by atoms with van der Waals surface area (Å²) in [6.45, 7) is 8.10. The van der Waals surface area contributed by atoms with Crippen LogP contribution in [0.3, 0.4) is 0 Å². The van der Waals surface area contributed by atoms with Crippen LogP contribution in [0.4, 0.5) is 0 Å². The van der Waals surface area contributed by atoms with Gasteiger partial charge in [0.05, 0.1) is 11.6 Å². The predicted octanol–water partition coefficient (Wildman–Crippen LogP) is 2.03. The Bertz CT molecular complexity index is 307. The summed E-state index contributed by atoms with van der Waals surface area (Å²) < 4.78 is 5.51. The molecule has 0 bridgehead atoms. The summed E-state index contributed by atoms with van der Waals surface area (Å²) in [7, 11) is 1.66. The van der Waals surface area contributed by atoms with Crippen molar-refractivity contribution in [1.82, 2.24) is 5.32 Å². The highest BCUT2D eigenvalue weighted by molar-refractivity contribution is 5.29. The monoisotopic (exact) mass is 239 g/mol. The Hall–Kier alpha value is -0.640. The largest absolute Gasteiger partial charge is 0.391 e. The summed E-state index contributed by atoms with van der Waals surface area (Å²) in [6, 6.07) is 0.335. The average molecular weight is 239 g/mol. The maximum atomic E-state index is 9.91. The minimum absolute atomic E-state index is 0.246. The van der Waals surface area contributed by atoms with Crippen molar-refractivity contribution < 1.29 is 9.84 Å². The smallest absolute Gasteiger partial charge is 0.105 e. The number of allylic oxidation sites excluding steroid dienone is 2. The summed E-state index contributed by atoms with van der Waals surface area (Å²) in [5.41, 5.74) is 0.985. The van der Waals surface area contributed by atoms with Gasteiger partial charge in [0.2, 0.25) is 0 Å². The topological polar surface area (TPSA) is 41.5 Å². The Morgan fingerprint density at radius 3 is 2.47 bits per heavy atom. The lowest BCUT2D eigenvalue weighted by Crippen LogP contribution is -2.60. The molecule has 3 unspecified atom stereocenters. The van der Waals surface area contributed by atoms with Gasteiger partial charge in [0.25, 0.3) is 0 Å². The lowest BCUT2D eigenvalue weighted by Gasteiger charge is -2.43. The molecule has 0 aromatic carbocycles. The van der Waals surface area contributed by atoms with Gasteiger partial charge >= 0.3 is 0 Å². The normalized spacial score (nSPS) is 28.1. The highest BCUT2D eigenvalue weighted by Gasteiger charge is 2.40. The van der Waals surface area contributed by atoms with Gasteiger partial charge in [0.15, 0.2) is 0 Å². The van der Waals surface area contributed by atoms with E-state index >= 15 is 0 Å². The van der Waals surface area contributed by atoms with Crippen LogP contribution in [0.5, 0.6) is 0 Å². The summed E-state index contributed by atoms with van der Waals surface area (Å²) in [5.74, 6) is 0. The van der Waals surface area contributed by atoms with Crippen molar-refractivity contribution in [1.29, 1.82) is 0 Å². The molecule has 0 aromatic heterocycles. The fourth-order valence-corrected chi connectivity index (χ4v) is 2.72. The number of ether oxygens (including phenoxy) is 1. The second-order valence-electron chi connectivity index (χ2n) is 5.29. The van der Waals surface area contributed by atoms with Gasteiger partial charge in [-0.15, -0.1) is 0 Å². The number of hydrogen-bond donors (Lipinski definition) is 2. The zero-order valence-electron chi connectivity index (χ0n) is 11.5. The molecular weight excluding hydrogens is 214 g/mol. The Labute approximate surface area is 105 Å². The van der Waals surface area contributed by atoms with Gasteiger partial charge in [-0.3, -0.25) is 0 Å². The third-order valence-electron chi connectivity index (χ3n) is 3.10. The molecule has 0 aliphatic heterocycles. The molecule has 0 fully saturated rings. The first-order valence-electron chi connectivity index (χ1n) is 6.25. The molecular formula is C14H25NO2. The zero-order chi connectivity index (χ0) is 13.1. The molecule has 1 aliphatic carbocycles. The van der Waals surface area contributed by atoms with Gasteiger partial charge in [-0.2, -0.15) is 0 Å². The number of rotatable bonds is 5. The van der Waals surface area contributed by atoms with E-state index in [0.717, 1.165) is 6.42 Å². The molecule has 0 aromatic rings. The standard InChI is InChI=1S/C14H25NO2/c1-10(2)15-14(13(17-5)12(4)16)8-6-7-11(3)9-14/h6-8,10,12-13,15-16H,9H2,1-5H3. The second-order valence-corrected chi connectivity index (χ2v) is 5.29. The second kappa shape index (κ2) is 5.80. The van der Waals surface area contributed by atoms with Crippen LogP contribution in [-0.2, 0) is 4.74 Å². The quantitative estimate of drug-likeness (QED) is 0.771. The number of aliphatic hydroxyl groups excluding tert-OH is 1. The van der Waals surface area contributed by atoms with Crippen molar-refractivity contribution in [2.24, 2.45) is 0 Å². The molecule has 0 spiro atoms. The van der Waals surface area contributed by atoms with Gasteiger partial charge in [-0.1, -0.05) is 23.8 Å². The maximum absolute atomic E-state index is 9.91. The van der Waals surface area contributed by atoms with Crippen molar-refractivity contribution in [2.45, 2.75) is 57.9 Å².